The Kier molecular flexibility index (Phi) is 2.17. The van der Waals surface area contributed by atoms with Crippen molar-refractivity contribution in [3.05, 3.63) is 47.9 Å². The second-order valence-electron chi connectivity index (χ2n) is 2.95. The van der Waals surface area contributed by atoms with Crippen molar-refractivity contribution in [1.29, 1.82) is 0 Å². The van der Waals surface area contributed by atoms with Crippen LogP contribution in [0.15, 0.2) is 42.3 Å². The van der Waals surface area contributed by atoms with Gasteiger partial charge in [0.05, 0.1) is 0 Å². The number of hydrogen-bond donors (Lipinski definition) is 1. The standard InChI is InChI=1S/C11H11NS/c1-2-10(12)9-7-13-11-6-4-3-5-8(9)11/h2-7,10H,1,12H2/t10-/m0/s1. The molecule has 0 radical (unpaired) electrons. The lowest BCUT2D eigenvalue weighted by Gasteiger charge is -2.03. The summed E-state index contributed by atoms with van der Waals surface area (Å²) in [6, 6.07) is 8.25. The van der Waals surface area contributed by atoms with E-state index in [0.29, 0.717) is 0 Å². The van der Waals surface area contributed by atoms with Crippen LogP contribution in [-0.4, -0.2) is 0 Å². The number of thiophene rings is 1. The summed E-state index contributed by atoms with van der Waals surface area (Å²) in [6.07, 6.45) is 1.77. The van der Waals surface area contributed by atoms with Gasteiger partial charge in [0, 0.05) is 10.7 Å². The maximum Gasteiger partial charge on any atom is 0.0493 e. The van der Waals surface area contributed by atoms with Gasteiger partial charge in [-0.05, 0) is 22.4 Å². The van der Waals surface area contributed by atoms with Crippen molar-refractivity contribution in [2.45, 2.75) is 6.04 Å². The lowest BCUT2D eigenvalue weighted by molar-refractivity contribution is 0.930. The lowest BCUT2D eigenvalue weighted by Crippen LogP contribution is -2.04. The Morgan fingerprint density at radius 1 is 1.38 bits per heavy atom. The predicted molar refractivity (Wildman–Crippen MR) is 59.0 cm³/mol. The molecule has 2 rings (SSSR count). The molecule has 0 bridgehead atoms. The molecule has 0 saturated carbocycles. The molecule has 0 spiro atoms. The van der Waals surface area contributed by atoms with Crippen LogP contribution >= 0.6 is 11.3 Å². The molecule has 1 atom stereocenters. The van der Waals surface area contributed by atoms with Crippen molar-refractivity contribution in [1.82, 2.24) is 0 Å². The van der Waals surface area contributed by atoms with E-state index in [-0.39, 0.29) is 6.04 Å². The zero-order valence-corrected chi connectivity index (χ0v) is 8.05. The minimum atomic E-state index is -0.0452. The van der Waals surface area contributed by atoms with Crippen LogP contribution in [0.2, 0.25) is 0 Å². The Morgan fingerprint density at radius 3 is 2.92 bits per heavy atom. The SMILES string of the molecule is C=C[C@H](N)c1csc2ccccc12. The highest BCUT2D eigenvalue weighted by molar-refractivity contribution is 7.17. The van der Waals surface area contributed by atoms with Crippen molar-refractivity contribution in [3.8, 4) is 0 Å². The Hall–Kier alpha value is -1.12. The van der Waals surface area contributed by atoms with E-state index >= 15 is 0 Å². The minimum Gasteiger partial charge on any atom is -0.321 e. The molecule has 0 aliphatic carbocycles. The molecule has 2 aromatic rings. The van der Waals surface area contributed by atoms with Gasteiger partial charge in [-0.25, -0.2) is 0 Å². The summed E-state index contributed by atoms with van der Waals surface area (Å²) in [5.74, 6) is 0. The van der Waals surface area contributed by atoms with E-state index in [1.165, 1.54) is 15.6 Å². The molecule has 0 unspecified atom stereocenters. The smallest absolute Gasteiger partial charge is 0.0493 e. The van der Waals surface area contributed by atoms with Gasteiger partial charge in [0.15, 0.2) is 0 Å². The zero-order valence-electron chi connectivity index (χ0n) is 7.23. The average Bonchev–Trinajstić information content (AvgIpc) is 2.60. The first-order chi connectivity index (χ1) is 6.33. The van der Waals surface area contributed by atoms with Gasteiger partial charge >= 0.3 is 0 Å². The summed E-state index contributed by atoms with van der Waals surface area (Å²) >= 11 is 1.73. The summed E-state index contributed by atoms with van der Waals surface area (Å²) in [4.78, 5) is 0. The van der Waals surface area contributed by atoms with E-state index in [2.05, 4.69) is 24.1 Å². The molecular formula is C11H11NS. The van der Waals surface area contributed by atoms with Crippen LogP contribution in [0.4, 0.5) is 0 Å². The van der Waals surface area contributed by atoms with Crippen molar-refractivity contribution >= 4 is 21.4 Å². The zero-order chi connectivity index (χ0) is 9.26. The van der Waals surface area contributed by atoms with Crippen molar-refractivity contribution in [2.24, 2.45) is 5.73 Å². The van der Waals surface area contributed by atoms with Gasteiger partial charge in [-0.15, -0.1) is 17.9 Å². The normalized spacial score (nSPS) is 13.0. The van der Waals surface area contributed by atoms with Gasteiger partial charge in [-0.1, -0.05) is 24.3 Å². The number of nitrogens with two attached hydrogens (primary N) is 1. The number of fused-ring (bicyclic) bond motifs is 1. The number of hydrogen-bond acceptors (Lipinski definition) is 2. The maximum absolute atomic E-state index is 5.89. The topological polar surface area (TPSA) is 26.0 Å². The van der Waals surface area contributed by atoms with E-state index in [0.717, 1.165) is 0 Å². The van der Waals surface area contributed by atoms with E-state index in [4.69, 9.17) is 5.73 Å². The third-order valence-corrected chi connectivity index (χ3v) is 3.11. The van der Waals surface area contributed by atoms with Crippen molar-refractivity contribution in [3.63, 3.8) is 0 Å². The summed E-state index contributed by atoms with van der Waals surface area (Å²) in [5.41, 5.74) is 7.07. The van der Waals surface area contributed by atoms with Crippen LogP contribution in [0.5, 0.6) is 0 Å². The second kappa shape index (κ2) is 3.32. The third-order valence-electron chi connectivity index (χ3n) is 2.12. The van der Waals surface area contributed by atoms with E-state index in [1.54, 1.807) is 17.4 Å². The molecule has 66 valence electrons. The molecule has 1 aromatic carbocycles. The van der Waals surface area contributed by atoms with Gasteiger partial charge < -0.3 is 5.73 Å². The van der Waals surface area contributed by atoms with Crippen LogP contribution in [0.25, 0.3) is 10.1 Å². The van der Waals surface area contributed by atoms with E-state index in [1.807, 2.05) is 12.1 Å². The fraction of sp³-hybridized carbons (Fsp3) is 0.0909. The molecule has 13 heavy (non-hydrogen) atoms. The molecule has 1 heterocycles. The monoisotopic (exact) mass is 189 g/mol. The fourth-order valence-corrected chi connectivity index (χ4v) is 2.39. The molecule has 0 fully saturated rings. The first-order valence-electron chi connectivity index (χ1n) is 4.17. The van der Waals surface area contributed by atoms with Gasteiger partial charge in [-0.3, -0.25) is 0 Å². The molecule has 0 aliphatic heterocycles. The van der Waals surface area contributed by atoms with E-state index < -0.39 is 0 Å². The molecule has 1 nitrogen and oxygen atoms in total. The van der Waals surface area contributed by atoms with Crippen LogP contribution in [-0.2, 0) is 0 Å². The highest BCUT2D eigenvalue weighted by Crippen LogP contribution is 2.29. The van der Waals surface area contributed by atoms with Crippen LogP contribution in [0, 0.1) is 0 Å². The van der Waals surface area contributed by atoms with Gasteiger partial charge in [0.25, 0.3) is 0 Å². The average molecular weight is 189 g/mol. The molecule has 0 aliphatic rings. The largest absolute Gasteiger partial charge is 0.321 e. The number of rotatable bonds is 2. The fourth-order valence-electron chi connectivity index (χ4n) is 1.38. The Labute approximate surface area is 81.5 Å². The second-order valence-corrected chi connectivity index (χ2v) is 3.86. The highest BCUT2D eigenvalue weighted by Gasteiger charge is 2.07. The molecule has 2 N–H and O–H groups in total. The summed E-state index contributed by atoms with van der Waals surface area (Å²) in [5, 5.41) is 3.36. The first-order valence-corrected chi connectivity index (χ1v) is 5.05. The maximum atomic E-state index is 5.89. The van der Waals surface area contributed by atoms with Gasteiger partial charge in [0.2, 0.25) is 0 Å². The molecule has 1 aromatic heterocycles. The minimum absolute atomic E-state index is 0.0452. The van der Waals surface area contributed by atoms with Crippen LogP contribution in [0.3, 0.4) is 0 Å². The van der Waals surface area contributed by atoms with Crippen molar-refractivity contribution < 1.29 is 0 Å². The van der Waals surface area contributed by atoms with Crippen LogP contribution in [0.1, 0.15) is 11.6 Å². The Bertz CT molecular complexity index is 430. The van der Waals surface area contributed by atoms with Crippen molar-refractivity contribution in [2.75, 3.05) is 0 Å². The molecule has 2 heteroatoms. The Balaban J connectivity index is 2.64. The highest BCUT2D eigenvalue weighted by atomic mass is 32.1. The summed E-state index contributed by atoms with van der Waals surface area (Å²) < 4.78 is 1.29. The number of benzene rings is 1. The van der Waals surface area contributed by atoms with Gasteiger partial charge in [-0.2, -0.15) is 0 Å². The first kappa shape index (κ1) is 8.48. The quantitative estimate of drug-likeness (QED) is 0.722. The van der Waals surface area contributed by atoms with Gasteiger partial charge in [0.1, 0.15) is 0 Å². The molecular weight excluding hydrogens is 178 g/mol. The Morgan fingerprint density at radius 2 is 2.15 bits per heavy atom. The van der Waals surface area contributed by atoms with E-state index in [9.17, 15) is 0 Å². The molecule has 0 amide bonds. The summed E-state index contributed by atoms with van der Waals surface area (Å²) in [7, 11) is 0. The van der Waals surface area contributed by atoms with Crippen LogP contribution < -0.4 is 5.73 Å². The lowest BCUT2D eigenvalue weighted by atomic mass is 10.1. The third kappa shape index (κ3) is 1.39. The molecule has 0 saturated heterocycles. The predicted octanol–water partition coefficient (Wildman–Crippen LogP) is 3.09. The summed E-state index contributed by atoms with van der Waals surface area (Å²) in [6.45, 7) is 3.70.